The van der Waals surface area contributed by atoms with E-state index in [-0.39, 0.29) is 35.6 Å². The fourth-order valence-corrected chi connectivity index (χ4v) is 5.04. The maximum Gasteiger partial charge on any atom is 0.246 e. The Bertz CT molecular complexity index is 974. The molecule has 10 heteroatoms. The summed E-state index contributed by atoms with van der Waals surface area (Å²) in [7, 11) is -0.872. The second-order valence-corrected chi connectivity index (χ2v) is 9.37. The van der Waals surface area contributed by atoms with Gasteiger partial charge < -0.3 is 14.8 Å². The standard InChI is InChI=1S/C19H22BrN3O5S/c1-27-15-4-5-16(28-2)17(11-15)29(25,26)23-9-7-13(8-10-23)19(24)22-18-6-3-14(20)12-21-18/h3-6,11-13H,7-10H2,1-2H3,(H,21,22,24). The van der Waals surface area contributed by atoms with E-state index in [1.807, 2.05) is 0 Å². The maximum absolute atomic E-state index is 13.1. The molecule has 0 aliphatic carbocycles. The number of amides is 1. The summed E-state index contributed by atoms with van der Waals surface area (Å²) in [6.45, 7) is 0.489. The molecule has 1 N–H and O–H groups in total. The van der Waals surface area contributed by atoms with Crippen LogP contribution in [-0.4, -0.2) is 50.9 Å². The number of ether oxygens (including phenoxy) is 2. The number of pyridine rings is 1. The normalized spacial score (nSPS) is 15.7. The molecule has 2 aromatic rings. The van der Waals surface area contributed by atoms with Gasteiger partial charge in [0.2, 0.25) is 15.9 Å². The van der Waals surface area contributed by atoms with Crippen molar-refractivity contribution in [2.45, 2.75) is 17.7 Å². The largest absolute Gasteiger partial charge is 0.497 e. The Morgan fingerprint density at radius 3 is 2.48 bits per heavy atom. The van der Waals surface area contributed by atoms with Crippen LogP contribution in [0.2, 0.25) is 0 Å². The summed E-state index contributed by atoms with van der Waals surface area (Å²) in [4.78, 5) is 16.7. The SMILES string of the molecule is COc1ccc(OC)c(S(=O)(=O)N2CCC(C(=O)Nc3ccc(Br)cn3)CC2)c1. The van der Waals surface area contributed by atoms with E-state index < -0.39 is 10.0 Å². The number of aromatic nitrogens is 1. The highest BCUT2D eigenvalue weighted by Gasteiger charge is 2.34. The first-order valence-corrected chi connectivity index (χ1v) is 11.2. The number of nitrogens with one attached hydrogen (secondary N) is 1. The highest BCUT2D eigenvalue weighted by molar-refractivity contribution is 9.10. The van der Waals surface area contributed by atoms with Gasteiger partial charge in [0.05, 0.1) is 14.2 Å². The molecule has 1 fully saturated rings. The van der Waals surface area contributed by atoms with Crippen LogP contribution in [0.4, 0.5) is 5.82 Å². The zero-order chi connectivity index (χ0) is 21.0. The number of carbonyl (C=O) groups excluding carboxylic acids is 1. The van der Waals surface area contributed by atoms with Crippen molar-refractivity contribution in [1.82, 2.24) is 9.29 Å². The van der Waals surface area contributed by atoms with Crippen molar-refractivity contribution < 1.29 is 22.7 Å². The fraction of sp³-hybridized carbons (Fsp3) is 0.368. The van der Waals surface area contributed by atoms with E-state index >= 15 is 0 Å². The van der Waals surface area contributed by atoms with Crippen LogP contribution < -0.4 is 14.8 Å². The van der Waals surface area contributed by atoms with Gasteiger partial charge in [-0.15, -0.1) is 0 Å². The smallest absolute Gasteiger partial charge is 0.246 e. The minimum Gasteiger partial charge on any atom is -0.497 e. The third-order valence-corrected chi connectivity index (χ3v) is 7.18. The molecule has 1 amide bonds. The average Bonchev–Trinajstić information content (AvgIpc) is 2.74. The minimum atomic E-state index is -3.77. The second kappa shape index (κ2) is 9.10. The number of methoxy groups -OCH3 is 2. The molecule has 1 aromatic heterocycles. The molecule has 1 aliphatic heterocycles. The first kappa shape index (κ1) is 21.5. The number of halogens is 1. The summed E-state index contributed by atoms with van der Waals surface area (Å²) >= 11 is 3.30. The van der Waals surface area contributed by atoms with Gasteiger partial charge in [-0.25, -0.2) is 13.4 Å². The quantitative estimate of drug-likeness (QED) is 0.678. The molecule has 0 saturated carbocycles. The Kier molecular flexibility index (Phi) is 6.76. The zero-order valence-electron chi connectivity index (χ0n) is 16.1. The highest BCUT2D eigenvalue weighted by atomic mass is 79.9. The minimum absolute atomic E-state index is 0.0568. The Labute approximate surface area is 178 Å². The first-order chi connectivity index (χ1) is 13.8. The van der Waals surface area contributed by atoms with E-state index in [2.05, 4.69) is 26.2 Å². The molecular weight excluding hydrogens is 462 g/mol. The van der Waals surface area contributed by atoms with Gasteiger partial charge in [-0.3, -0.25) is 4.79 Å². The monoisotopic (exact) mass is 483 g/mol. The predicted octanol–water partition coefficient (Wildman–Crippen LogP) is 2.90. The molecule has 1 aliphatic rings. The average molecular weight is 484 g/mol. The third-order valence-electron chi connectivity index (χ3n) is 4.79. The number of rotatable bonds is 6. The molecule has 0 spiro atoms. The van der Waals surface area contributed by atoms with E-state index in [0.29, 0.717) is 24.4 Å². The van der Waals surface area contributed by atoms with Crippen LogP contribution in [0.1, 0.15) is 12.8 Å². The summed E-state index contributed by atoms with van der Waals surface area (Å²) in [6, 6.07) is 8.16. The van der Waals surface area contributed by atoms with Crippen LogP contribution in [0.15, 0.2) is 45.9 Å². The van der Waals surface area contributed by atoms with Crippen molar-refractivity contribution in [3.05, 3.63) is 41.0 Å². The van der Waals surface area contributed by atoms with Crippen molar-refractivity contribution in [1.29, 1.82) is 0 Å². The zero-order valence-corrected chi connectivity index (χ0v) is 18.5. The fourth-order valence-electron chi connectivity index (χ4n) is 3.16. The third kappa shape index (κ3) is 4.88. The van der Waals surface area contributed by atoms with Gasteiger partial charge in [0.15, 0.2) is 0 Å². The Morgan fingerprint density at radius 2 is 1.90 bits per heavy atom. The molecule has 1 aromatic carbocycles. The predicted molar refractivity (Wildman–Crippen MR) is 112 cm³/mol. The van der Waals surface area contributed by atoms with Gasteiger partial charge in [-0.05, 0) is 53.0 Å². The number of piperidine rings is 1. The van der Waals surface area contributed by atoms with Crippen LogP contribution in [0.5, 0.6) is 11.5 Å². The van der Waals surface area contributed by atoms with Gasteiger partial charge in [0.1, 0.15) is 22.2 Å². The number of anilines is 1. The Morgan fingerprint density at radius 1 is 1.17 bits per heavy atom. The molecular formula is C19H22BrN3O5S. The van der Waals surface area contributed by atoms with Gasteiger partial charge in [-0.2, -0.15) is 4.31 Å². The Hall–Kier alpha value is -2.17. The molecule has 2 heterocycles. The number of nitrogens with zero attached hydrogens (tertiary/aromatic N) is 2. The molecule has 0 atom stereocenters. The summed E-state index contributed by atoms with van der Waals surface area (Å²) < 4.78 is 38.8. The lowest BCUT2D eigenvalue weighted by atomic mass is 9.97. The van der Waals surface area contributed by atoms with E-state index in [1.54, 1.807) is 30.5 Å². The molecule has 156 valence electrons. The van der Waals surface area contributed by atoms with Crippen molar-refractivity contribution in [2.75, 3.05) is 32.6 Å². The van der Waals surface area contributed by atoms with E-state index in [4.69, 9.17) is 9.47 Å². The lowest BCUT2D eigenvalue weighted by Gasteiger charge is -2.30. The number of carbonyl (C=O) groups is 1. The molecule has 0 radical (unpaired) electrons. The van der Waals surface area contributed by atoms with Gasteiger partial charge >= 0.3 is 0 Å². The van der Waals surface area contributed by atoms with Crippen LogP contribution in [0.25, 0.3) is 0 Å². The first-order valence-electron chi connectivity index (χ1n) is 8.99. The van der Waals surface area contributed by atoms with E-state index in [0.717, 1.165) is 4.47 Å². The summed E-state index contributed by atoms with van der Waals surface area (Å²) in [6.07, 6.45) is 2.45. The van der Waals surface area contributed by atoms with E-state index in [9.17, 15) is 13.2 Å². The number of hydrogen-bond donors (Lipinski definition) is 1. The number of hydrogen-bond acceptors (Lipinski definition) is 6. The molecule has 0 bridgehead atoms. The van der Waals surface area contributed by atoms with Crippen LogP contribution >= 0.6 is 15.9 Å². The molecule has 29 heavy (non-hydrogen) atoms. The van der Waals surface area contributed by atoms with Crippen molar-refractivity contribution in [2.24, 2.45) is 5.92 Å². The summed E-state index contributed by atoms with van der Waals surface area (Å²) in [5.74, 6) is 0.719. The topological polar surface area (TPSA) is 97.8 Å². The molecule has 1 saturated heterocycles. The number of sulfonamides is 1. The van der Waals surface area contributed by atoms with Crippen molar-refractivity contribution >= 4 is 37.7 Å². The lowest BCUT2D eigenvalue weighted by Crippen LogP contribution is -2.41. The molecule has 8 nitrogen and oxygen atoms in total. The van der Waals surface area contributed by atoms with Gasteiger partial charge in [0, 0.05) is 35.7 Å². The Balaban J connectivity index is 1.68. The second-order valence-electron chi connectivity index (χ2n) is 6.55. The van der Waals surface area contributed by atoms with Crippen molar-refractivity contribution in [3.63, 3.8) is 0 Å². The summed E-state index contributed by atoms with van der Waals surface area (Å²) in [5, 5.41) is 2.78. The van der Waals surface area contributed by atoms with Gasteiger partial charge in [-0.1, -0.05) is 0 Å². The van der Waals surface area contributed by atoms with Crippen LogP contribution in [0.3, 0.4) is 0 Å². The van der Waals surface area contributed by atoms with Gasteiger partial charge in [0.25, 0.3) is 0 Å². The summed E-state index contributed by atoms with van der Waals surface area (Å²) in [5.41, 5.74) is 0. The van der Waals surface area contributed by atoms with Crippen molar-refractivity contribution in [3.8, 4) is 11.5 Å². The lowest BCUT2D eigenvalue weighted by molar-refractivity contribution is -0.120. The number of benzene rings is 1. The van der Waals surface area contributed by atoms with E-state index in [1.165, 1.54) is 24.6 Å². The molecule has 0 unspecified atom stereocenters. The van der Waals surface area contributed by atoms with Crippen LogP contribution in [-0.2, 0) is 14.8 Å². The maximum atomic E-state index is 13.1. The van der Waals surface area contributed by atoms with Crippen LogP contribution in [0, 0.1) is 5.92 Å². The molecule has 3 rings (SSSR count). The highest BCUT2D eigenvalue weighted by Crippen LogP contribution is 2.32.